The maximum Gasteiger partial charge on any atom is 0.161 e. The number of methoxy groups -OCH3 is 1. The molecule has 0 fully saturated rings. The first-order chi connectivity index (χ1) is 10.8. The average molecular weight is 298 g/mol. The summed E-state index contributed by atoms with van der Waals surface area (Å²) >= 11 is 0. The molecule has 0 spiro atoms. The first kappa shape index (κ1) is 14.9. The highest BCUT2D eigenvalue weighted by Crippen LogP contribution is 2.27. The van der Waals surface area contributed by atoms with Crippen molar-refractivity contribution in [3.05, 3.63) is 59.2 Å². The monoisotopic (exact) mass is 298 g/mol. The molecule has 116 valence electrons. The van der Waals surface area contributed by atoms with Crippen LogP contribution in [-0.4, -0.2) is 20.3 Å². The summed E-state index contributed by atoms with van der Waals surface area (Å²) in [5, 5.41) is 0. The first-order valence-corrected chi connectivity index (χ1v) is 8.00. The summed E-state index contributed by atoms with van der Waals surface area (Å²) in [6.07, 6.45) is 1.17. The Hall–Kier alpha value is -2.00. The van der Waals surface area contributed by atoms with Gasteiger partial charge in [-0.2, -0.15) is 0 Å². The first-order valence-electron chi connectivity index (χ1n) is 8.00. The van der Waals surface area contributed by atoms with E-state index in [1.165, 1.54) is 29.7 Å². The van der Waals surface area contributed by atoms with Gasteiger partial charge in [-0.3, -0.25) is 0 Å². The Morgan fingerprint density at radius 2 is 1.86 bits per heavy atom. The van der Waals surface area contributed by atoms with Crippen molar-refractivity contribution < 1.29 is 14.4 Å². The molecule has 0 saturated heterocycles. The molecule has 0 amide bonds. The highest BCUT2D eigenvalue weighted by molar-refractivity contribution is 5.42. The number of hydrogen-bond acceptors (Lipinski definition) is 2. The molecule has 3 heteroatoms. The lowest BCUT2D eigenvalue weighted by atomic mass is 9.99. The van der Waals surface area contributed by atoms with Crippen LogP contribution in [0.1, 0.15) is 23.6 Å². The van der Waals surface area contributed by atoms with Crippen LogP contribution >= 0.6 is 0 Å². The molecule has 0 saturated carbocycles. The number of hydrogen-bond donors (Lipinski definition) is 1. The fourth-order valence-electron chi connectivity index (χ4n) is 3.18. The van der Waals surface area contributed by atoms with E-state index in [1.807, 2.05) is 13.0 Å². The number of benzene rings is 2. The van der Waals surface area contributed by atoms with Crippen LogP contribution in [-0.2, 0) is 19.5 Å². The zero-order valence-corrected chi connectivity index (χ0v) is 13.4. The summed E-state index contributed by atoms with van der Waals surface area (Å²) in [4.78, 5) is 1.60. The maximum absolute atomic E-state index is 5.68. The van der Waals surface area contributed by atoms with Crippen molar-refractivity contribution in [1.82, 2.24) is 0 Å². The Kier molecular flexibility index (Phi) is 4.64. The van der Waals surface area contributed by atoms with Crippen molar-refractivity contribution >= 4 is 0 Å². The molecule has 2 aromatic rings. The normalized spacial score (nSPS) is 16.9. The van der Waals surface area contributed by atoms with Gasteiger partial charge in [0.25, 0.3) is 0 Å². The zero-order chi connectivity index (χ0) is 15.4. The lowest BCUT2D eigenvalue weighted by molar-refractivity contribution is -0.929. The third-order valence-corrected chi connectivity index (χ3v) is 4.29. The molecule has 1 aliphatic heterocycles. The molecule has 0 aliphatic carbocycles. The fraction of sp³-hybridized carbons (Fsp3) is 0.368. The van der Waals surface area contributed by atoms with Gasteiger partial charge in [-0.1, -0.05) is 24.3 Å². The van der Waals surface area contributed by atoms with E-state index in [9.17, 15) is 0 Å². The molecule has 1 heterocycles. The smallest absolute Gasteiger partial charge is 0.161 e. The second-order valence-corrected chi connectivity index (χ2v) is 5.79. The van der Waals surface area contributed by atoms with E-state index < -0.39 is 0 Å². The van der Waals surface area contributed by atoms with Gasteiger partial charge in [0.05, 0.1) is 20.3 Å². The lowest BCUT2D eigenvalue weighted by Gasteiger charge is -2.26. The van der Waals surface area contributed by atoms with E-state index >= 15 is 0 Å². The largest absolute Gasteiger partial charge is 0.493 e. The van der Waals surface area contributed by atoms with Gasteiger partial charge in [0.1, 0.15) is 13.1 Å². The van der Waals surface area contributed by atoms with Crippen LogP contribution in [0.5, 0.6) is 11.5 Å². The van der Waals surface area contributed by atoms with Crippen molar-refractivity contribution in [3.63, 3.8) is 0 Å². The van der Waals surface area contributed by atoms with Crippen LogP contribution in [0.3, 0.4) is 0 Å². The minimum atomic E-state index is 0.657. The van der Waals surface area contributed by atoms with Crippen LogP contribution in [0.2, 0.25) is 0 Å². The lowest BCUT2D eigenvalue weighted by Crippen LogP contribution is -3.10. The molecular formula is C19H24NO2+. The van der Waals surface area contributed by atoms with Gasteiger partial charge in [0.2, 0.25) is 0 Å². The molecule has 1 unspecified atom stereocenters. The van der Waals surface area contributed by atoms with Gasteiger partial charge in [-0.05, 0) is 30.7 Å². The van der Waals surface area contributed by atoms with Crippen LogP contribution in [0.15, 0.2) is 42.5 Å². The molecule has 2 aromatic carbocycles. The van der Waals surface area contributed by atoms with E-state index in [1.54, 1.807) is 12.0 Å². The standard InChI is InChI=1S/C19H23NO2/c1-3-22-19-12-15(8-9-18(19)21-2)13-20-11-10-16-6-4-5-7-17(16)14-20/h4-9,12H,3,10-11,13-14H2,1-2H3/p+1. The molecule has 0 radical (unpaired) electrons. The summed E-state index contributed by atoms with van der Waals surface area (Å²) in [5.74, 6) is 1.66. The highest BCUT2D eigenvalue weighted by atomic mass is 16.5. The third kappa shape index (κ3) is 3.25. The second kappa shape index (κ2) is 6.84. The number of ether oxygens (including phenoxy) is 2. The number of fused-ring (bicyclic) bond motifs is 1. The Balaban J connectivity index is 1.73. The molecule has 1 aliphatic rings. The van der Waals surface area contributed by atoms with Crippen molar-refractivity contribution in [2.45, 2.75) is 26.4 Å². The molecule has 0 bridgehead atoms. The Morgan fingerprint density at radius 1 is 1.05 bits per heavy atom. The number of nitrogens with one attached hydrogen (secondary N) is 1. The van der Waals surface area contributed by atoms with Crippen LogP contribution in [0, 0.1) is 0 Å². The molecule has 22 heavy (non-hydrogen) atoms. The third-order valence-electron chi connectivity index (χ3n) is 4.29. The minimum Gasteiger partial charge on any atom is -0.493 e. The molecule has 3 rings (SSSR count). The number of quaternary nitrogens is 1. The summed E-state index contributed by atoms with van der Waals surface area (Å²) < 4.78 is 11.0. The van der Waals surface area contributed by atoms with E-state index in [0.29, 0.717) is 6.61 Å². The van der Waals surface area contributed by atoms with Crippen molar-refractivity contribution in [2.24, 2.45) is 0 Å². The second-order valence-electron chi connectivity index (χ2n) is 5.79. The number of rotatable bonds is 5. The SMILES string of the molecule is CCOc1cc(C[NH+]2CCc3ccccc3C2)ccc1OC. The van der Waals surface area contributed by atoms with Gasteiger partial charge in [0, 0.05) is 17.5 Å². The van der Waals surface area contributed by atoms with E-state index in [2.05, 4.69) is 36.4 Å². The van der Waals surface area contributed by atoms with Gasteiger partial charge < -0.3 is 14.4 Å². The molecule has 0 aromatic heterocycles. The molecule has 1 N–H and O–H groups in total. The van der Waals surface area contributed by atoms with Crippen molar-refractivity contribution in [1.29, 1.82) is 0 Å². The van der Waals surface area contributed by atoms with E-state index in [4.69, 9.17) is 9.47 Å². The predicted molar refractivity (Wildman–Crippen MR) is 87.5 cm³/mol. The quantitative estimate of drug-likeness (QED) is 0.915. The van der Waals surface area contributed by atoms with Crippen molar-refractivity contribution in [3.8, 4) is 11.5 Å². The highest BCUT2D eigenvalue weighted by Gasteiger charge is 2.19. The van der Waals surface area contributed by atoms with Crippen LogP contribution in [0.4, 0.5) is 0 Å². The topological polar surface area (TPSA) is 22.9 Å². The average Bonchev–Trinajstić information content (AvgIpc) is 2.55. The van der Waals surface area contributed by atoms with Gasteiger partial charge in [-0.25, -0.2) is 0 Å². The Morgan fingerprint density at radius 3 is 2.64 bits per heavy atom. The van der Waals surface area contributed by atoms with Crippen molar-refractivity contribution in [2.75, 3.05) is 20.3 Å². The van der Waals surface area contributed by atoms with E-state index in [0.717, 1.165) is 24.6 Å². The van der Waals surface area contributed by atoms with Gasteiger partial charge in [-0.15, -0.1) is 0 Å². The summed E-state index contributed by atoms with van der Waals surface area (Å²) in [6, 6.07) is 15.1. The van der Waals surface area contributed by atoms with Gasteiger partial charge in [0.15, 0.2) is 11.5 Å². The summed E-state index contributed by atoms with van der Waals surface area (Å²) in [5.41, 5.74) is 4.30. The minimum absolute atomic E-state index is 0.657. The van der Waals surface area contributed by atoms with Crippen LogP contribution < -0.4 is 14.4 Å². The maximum atomic E-state index is 5.68. The van der Waals surface area contributed by atoms with E-state index in [-0.39, 0.29) is 0 Å². The Bertz CT molecular complexity index is 639. The predicted octanol–water partition coefficient (Wildman–Crippen LogP) is 2.24. The summed E-state index contributed by atoms with van der Waals surface area (Å²) in [7, 11) is 1.68. The summed E-state index contributed by atoms with van der Waals surface area (Å²) in [6.45, 7) is 5.97. The Labute approximate surface area is 132 Å². The molecule has 1 atom stereocenters. The van der Waals surface area contributed by atoms with Gasteiger partial charge >= 0.3 is 0 Å². The van der Waals surface area contributed by atoms with Crippen LogP contribution in [0.25, 0.3) is 0 Å². The molecular weight excluding hydrogens is 274 g/mol. The molecule has 3 nitrogen and oxygen atoms in total. The fourth-order valence-corrected chi connectivity index (χ4v) is 3.18. The zero-order valence-electron chi connectivity index (χ0n) is 13.4.